The number of rotatable bonds is 29. The van der Waals surface area contributed by atoms with Crippen LogP contribution in [0.4, 0.5) is 0 Å². The van der Waals surface area contributed by atoms with Crippen molar-refractivity contribution in [2.75, 3.05) is 0 Å². The summed E-state index contributed by atoms with van der Waals surface area (Å²) in [6.45, 7) is 0.997. The zero-order valence-electron chi connectivity index (χ0n) is 59.4. The van der Waals surface area contributed by atoms with Crippen molar-refractivity contribution in [1.82, 2.24) is 0 Å². The first-order valence-electron chi connectivity index (χ1n) is 36.0. The molecule has 109 heavy (non-hydrogen) atoms. The number of aromatic hydroxyl groups is 3. The SMILES string of the molecule is O=C(O[C@H]1[C@H](c2c(OCc3ccccc3)cc(OCc3ccccc3)c3c2O[C@H](c2ccc(OCc4ccccc4)c(OCc4ccccc4)c2)[C@@H](O)C3)c2c(OCc3ccccc3)cc(OCc3ccccc3)cc2O[C@@H]1c1ccc(OCc2ccccc2)c(OCc2ccccc2)c1)c1cc(O)c(O)c(O)c1. The minimum atomic E-state index is -1.56. The van der Waals surface area contributed by atoms with Crippen LogP contribution in [0.25, 0.3) is 0 Å². The maximum absolute atomic E-state index is 15.8. The van der Waals surface area contributed by atoms with Crippen LogP contribution in [0.5, 0.6) is 74.7 Å². The predicted molar refractivity (Wildman–Crippen MR) is 411 cm³/mol. The molecule has 0 amide bonds. The lowest BCUT2D eigenvalue weighted by Gasteiger charge is -2.42. The Balaban J connectivity index is 0.976. The molecule has 16 nitrogen and oxygen atoms in total. The van der Waals surface area contributed by atoms with Crippen molar-refractivity contribution in [3.63, 3.8) is 0 Å². The Labute approximate surface area is 631 Å². The van der Waals surface area contributed by atoms with E-state index < -0.39 is 53.6 Å². The van der Waals surface area contributed by atoms with Crippen LogP contribution in [0.1, 0.15) is 101 Å². The lowest BCUT2D eigenvalue weighted by molar-refractivity contribution is -0.0288. The molecule has 0 saturated heterocycles. The number of phenolic OH excluding ortho intramolecular Hbond substituents is 3. The highest BCUT2D eigenvalue weighted by Crippen LogP contribution is 2.60. The molecule has 5 atom stereocenters. The number of carbonyl (C=O) groups is 1. The number of phenols is 3. The molecular weight excluding hydrogens is 1370 g/mol. The minimum absolute atomic E-state index is 0.00440. The average molecular weight is 1450 g/mol. The number of hydrogen-bond acceptors (Lipinski definition) is 16. The van der Waals surface area contributed by atoms with Gasteiger partial charge in [-0.1, -0.05) is 255 Å². The van der Waals surface area contributed by atoms with Crippen LogP contribution in [-0.2, 0) is 64.0 Å². The lowest BCUT2D eigenvalue weighted by atomic mass is 9.77. The zero-order valence-corrected chi connectivity index (χ0v) is 59.4. The number of benzene rings is 13. The van der Waals surface area contributed by atoms with E-state index in [4.69, 9.17) is 52.1 Å². The van der Waals surface area contributed by atoms with Crippen LogP contribution in [-0.4, -0.2) is 38.6 Å². The Kier molecular flexibility index (Phi) is 22.1. The molecule has 15 rings (SSSR count). The normalized spacial score (nSPS) is 15.5. The monoisotopic (exact) mass is 1450 g/mol. The first kappa shape index (κ1) is 71.3. The predicted octanol–water partition coefficient (Wildman–Crippen LogP) is 19.0. The van der Waals surface area contributed by atoms with E-state index in [-0.39, 0.29) is 87.8 Å². The van der Waals surface area contributed by atoms with Crippen LogP contribution >= 0.6 is 0 Å². The summed E-state index contributed by atoms with van der Waals surface area (Å²) in [6, 6.07) is 96.1. The molecule has 0 saturated carbocycles. The van der Waals surface area contributed by atoms with Gasteiger partial charge in [0.25, 0.3) is 0 Å². The largest absolute Gasteiger partial charge is 0.504 e. The van der Waals surface area contributed by atoms with Gasteiger partial charge in [0.2, 0.25) is 0 Å². The molecule has 4 N–H and O–H groups in total. The molecule has 546 valence electrons. The first-order valence-corrected chi connectivity index (χ1v) is 36.0. The van der Waals surface area contributed by atoms with E-state index in [1.807, 2.05) is 267 Å². The van der Waals surface area contributed by atoms with Crippen molar-refractivity contribution in [2.24, 2.45) is 0 Å². The Morgan fingerprint density at radius 1 is 0.339 bits per heavy atom. The molecule has 13 aromatic carbocycles. The van der Waals surface area contributed by atoms with Gasteiger partial charge in [-0.3, -0.25) is 0 Å². The van der Waals surface area contributed by atoms with E-state index >= 15 is 4.79 Å². The third kappa shape index (κ3) is 17.3. The molecule has 0 radical (unpaired) electrons. The Morgan fingerprint density at radius 3 is 1.09 bits per heavy atom. The number of ether oxygens (including phenoxy) is 11. The van der Waals surface area contributed by atoms with Crippen LogP contribution in [0.3, 0.4) is 0 Å². The number of hydrogen-bond donors (Lipinski definition) is 4. The molecule has 2 aliphatic heterocycles. The van der Waals surface area contributed by atoms with Crippen LogP contribution in [0, 0.1) is 0 Å². The highest BCUT2D eigenvalue weighted by atomic mass is 16.6. The van der Waals surface area contributed by atoms with Gasteiger partial charge in [0.05, 0.1) is 17.6 Å². The van der Waals surface area contributed by atoms with Crippen molar-refractivity contribution in [2.45, 2.75) is 89.6 Å². The molecule has 2 aliphatic rings. The molecule has 0 fully saturated rings. The van der Waals surface area contributed by atoms with Gasteiger partial charge >= 0.3 is 5.97 Å². The standard InChI is InChI=1S/C93H78O16/c94-74-45-71(46-75(95)88(74)97)93(98)109-92-87(85-82(105-59-67-37-21-7-22-38-67)49-72(99-53-61-25-9-1-10-26-61)50-84(85)107-90(92)70-42-44-78(101-55-63-29-13-3-14-30-63)81(48-70)104-58-66-35-19-6-20-36-66)86-83(106-60-68-39-23-8-24-40-68)52-79(102-56-64-31-15-4-16-32-64)73-51-76(96)89(108-91(73)86)69-41-43-77(100-54-62-27-11-2-12-28-62)80(47-69)103-57-65-33-17-5-18-34-65/h1-50,52,76,87,89-90,92,94-97H,51,53-60H2/t76-,87-,89+,90+,92-/m0/s1. The van der Waals surface area contributed by atoms with Gasteiger partial charge < -0.3 is 72.5 Å². The van der Waals surface area contributed by atoms with Crippen LogP contribution in [0.15, 0.2) is 309 Å². The third-order valence-corrected chi connectivity index (χ3v) is 19.0. The van der Waals surface area contributed by atoms with Gasteiger partial charge in [0.1, 0.15) is 93.5 Å². The van der Waals surface area contributed by atoms with Crippen molar-refractivity contribution >= 4 is 5.97 Å². The molecule has 2 heterocycles. The third-order valence-electron chi connectivity index (χ3n) is 19.0. The highest BCUT2D eigenvalue weighted by Gasteiger charge is 2.50. The smallest absolute Gasteiger partial charge is 0.338 e. The second-order valence-electron chi connectivity index (χ2n) is 26.6. The van der Waals surface area contributed by atoms with Crippen molar-refractivity contribution in [1.29, 1.82) is 0 Å². The quantitative estimate of drug-likeness (QED) is 0.0255. The van der Waals surface area contributed by atoms with Crippen molar-refractivity contribution < 1.29 is 77.3 Å². The van der Waals surface area contributed by atoms with Gasteiger partial charge in [0, 0.05) is 46.9 Å². The summed E-state index contributed by atoms with van der Waals surface area (Å²) in [7, 11) is 0. The summed E-state index contributed by atoms with van der Waals surface area (Å²) in [5.41, 5.74) is 8.73. The summed E-state index contributed by atoms with van der Waals surface area (Å²) in [5.74, 6) is -1.64. The lowest BCUT2D eigenvalue weighted by Crippen LogP contribution is -2.40. The van der Waals surface area contributed by atoms with Gasteiger partial charge in [-0.2, -0.15) is 0 Å². The van der Waals surface area contributed by atoms with Gasteiger partial charge in [-0.05, 0) is 86.5 Å². The van der Waals surface area contributed by atoms with E-state index in [0.717, 1.165) is 56.6 Å². The fourth-order valence-electron chi connectivity index (χ4n) is 13.4. The average Bonchev–Trinajstić information content (AvgIpc) is 0.718. The number of aliphatic hydroxyl groups excluding tert-OH is 1. The minimum Gasteiger partial charge on any atom is -0.504 e. The fourth-order valence-corrected chi connectivity index (χ4v) is 13.4. The van der Waals surface area contributed by atoms with Gasteiger partial charge in [-0.15, -0.1) is 0 Å². The van der Waals surface area contributed by atoms with Crippen molar-refractivity contribution in [3.8, 4) is 74.7 Å². The summed E-state index contributed by atoms with van der Waals surface area (Å²) >= 11 is 0. The van der Waals surface area contributed by atoms with E-state index in [0.29, 0.717) is 62.3 Å². The fraction of sp³-hybridized carbons (Fsp3) is 0.151. The second-order valence-corrected chi connectivity index (χ2v) is 26.6. The molecule has 0 bridgehead atoms. The zero-order chi connectivity index (χ0) is 74.3. The topological polar surface area (TPSA) is 200 Å². The Morgan fingerprint density at radius 2 is 0.688 bits per heavy atom. The van der Waals surface area contributed by atoms with E-state index in [9.17, 15) is 20.4 Å². The molecule has 13 aromatic rings. The van der Waals surface area contributed by atoms with Crippen molar-refractivity contribution in [3.05, 3.63) is 387 Å². The second kappa shape index (κ2) is 33.9. The Bertz CT molecular complexity index is 5170. The highest BCUT2D eigenvalue weighted by molar-refractivity contribution is 5.91. The maximum Gasteiger partial charge on any atom is 0.338 e. The van der Waals surface area contributed by atoms with E-state index in [1.165, 1.54) is 0 Å². The molecule has 0 spiro atoms. The molecular formula is C93H78O16. The summed E-state index contributed by atoms with van der Waals surface area (Å²) in [5, 5.41) is 46.2. The van der Waals surface area contributed by atoms with Gasteiger partial charge in [-0.25, -0.2) is 4.79 Å². The maximum atomic E-state index is 15.8. The summed E-state index contributed by atoms with van der Waals surface area (Å²) < 4.78 is 77.4. The van der Waals surface area contributed by atoms with Crippen LogP contribution < -0.4 is 47.4 Å². The number of esters is 1. The van der Waals surface area contributed by atoms with Gasteiger partial charge in [0.15, 0.2) is 52.5 Å². The molecule has 0 aromatic heterocycles. The number of fused-ring (bicyclic) bond motifs is 2. The number of aliphatic hydroxyl groups is 1. The molecule has 16 heteroatoms. The van der Waals surface area contributed by atoms with E-state index in [2.05, 4.69) is 0 Å². The molecule has 0 aliphatic carbocycles. The van der Waals surface area contributed by atoms with E-state index in [1.54, 1.807) is 30.3 Å². The molecule has 0 unspecified atom stereocenters. The van der Waals surface area contributed by atoms with Crippen LogP contribution in [0.2, 0.25) is 0 Å². The summed E-state index contributed by atoms with van der Waals surface area (Å²) in [4.78, 5) is 15.8. The Hall–Kier alpha value is -13.3. The number of carbonyl (C=O) groups excluding carboxylic acids is 1. The summed E-state index contributed by atoms with van der Waals surface area (Å²) in [6.07, 6.45) is -5.38. The first-order chi connectivity index (χ1) is 53.6.